The van der Waals surface area contributed by atoms with Crippen LogP contribution < -0.4 is 0 Å². The number of benzene rings is 1. The van der Waals surface area contributed by atoms with Crippen LogP contribution >= 0.6 is 0 Å². The van der Waals surface area contributed by atoms with Crippen LogP contribution in [0.3, 0.4) is 0 Å². The number of halogens is 4. The standard InChI is InChI=1S/C10H8F4O3/c11-8-6(4-17-5-10(12,13)14)2-1-3-7(8)9(15)16/h1-3H,4-5H2,(H,15,16). The van der Waals surface area contributed by atoms with Gasteiger partial charge in [-0.05, 0) is 6.07 Å². The Morgan fingerprint density at radius 2 is 2.00 bits per heavy atom. The first kappa shape index (κ1) is 13.4. The number of hydrogen-bond donors (Lipinski definition) is 1. The predicted octanol–water partition coefficient (Wildman–Crippen LogP) is 2.60. The van der Waals surface area contributed by atoms with E-state index < -0.39 is 36.7 Å². The molecule has 7 heteroatoms. The summed E-state index contributed by atoms with van der Waals surface area (Å²) in [5.41, 5.74) is -0.827. The van der Waals surface area contributed by atoms with E-state index >= 15 is 0 Å². The molecule has 1 aromatic rings. The van der Waals surface area contributed by atoms with Crippen molar-refractivity contribution in [3.63, 3.8) is 0 Å². The van der Waals surface area contributed by atoms with Crippen LogP contribution in [0.5, 0.6) is 0 Å². The Balaban J connectivity index is 2.72. The Hall–Kier alpha value is -1.63. The van der Waals surface area contributed by atoms with Gasteiger partial charge >= 0.3 is 12.1 Å². The van der Waals surface area contributed by atoms with Gasteiger partial charge in [-0.3, -0.25) is 0 Å². The van der Waals surface area contributed by atoms with E-state index in [4.69, 9.17) is 5.11 Å². The molecule has 1 rings (SSSR count). The van der Waals surface area contributed by atoms with Gasteiger partial charge in [0.25, 0.3) is 0 Å². The van der Waals surface area contributed by atoms with E-state index in [2.05, 4.69) is 4.74 Å². The minimum atomic E-state index is -4.50. The lowest BCUT2D eigenvalue weighted by molar-refractivity contribution is -0.176. The molecule has 0 heterocycles. The lowest BCUT2D eigenvalue weighted by Crippen LogP contribution is -2.17. The van der Waals surface area contributed by atoms with Crippen LogP contribution in [0.4, 0.5) is 17.6 Å². The van der Waals surface area contributed by atoms with Crippen molar-refractivity contribution < 1.29 is 32.2 Å². The Morgan fingerprint density at radius 1 is 1.35 bits per heavy atom. The first-order valence-corrected chi connectivity index (χ1v) is 4.46. The van der Waals surface area contributed by atoms with Crippen molar-refractivity contribution in [3.05, 3.63) is 35.1 Å². The highest BCUT2D eigenvalue weighted by atomic mass is 19.4. The third-order valence-electron chi connectivity index (χ3n) is 1.83. The molecule has 0 aliphatic carbocycles. The molecule has 0 aliphatic rings. The maximum atomic E-state index is 13.4. The molecule has 0 atom stereocenters. The molecular weight excluding hydrogens is 244 g/mol. The van der Waals surface area contributed by atoms with Gasteiger partial charge in [0.1, 0.15) is 12.4 Å². The topological polar surface area (TPSA) is 46.5 Å². The summed E-state index contributed by atoms with van der Waals surface area (Å²) in [5.74, 6) is -2.57. The van der Waals surface area contributed by atoms with Crippen molar-refractivity contribution in [1.29, 1.82) is 0 Å². The molecular formula is C10H8F4O3. The third-order valence-corrected chi connectivity index (χ3v) is 1.83. The first-order valence-electron chi connectivity index (χ1n) is 4.46. The number of ether oxygens (including phenoxy) is 1. The second kappa shape index (κ2) is 5.13. The summed E-state index contributed by atoms with van der Waals surface area (Å²) in [6.45, 7) is -2.14. The summed E-state index contributed by atoms with van der Waals surface area (Å²) in [4.78, 5) is 10.5. The summed E-state index contributed by atoms with van der Waals surface area (Å²) in [6, 6.07) is 3.42. The molecule has 1 N–H and O–H groups in total. The van der Waals surface area contributed by atoms with Gasteiger partial charge in [0, 0.05) is 5.56 Å². The zero-order valence-corrected chi connectivity index (χ0v) is 8.42. The molecule has 0 saturated heterocycles. The van der Waals surface area contributed by atoms with E-state index in [9.17, 15) is 22.4 Å². The van der Waals surface area contributed by atoms with Gasteiger partial charge in [0.05, 0.1) is 12.2 Å². The van der Waals surface area contributed by atoms with Gasteiger partial charge in [-0.15, -0.1) is 0 Å². The second-order valence-corrected chi connectivity index (χ2v) is 3.19. The normalized spacial score (nSPS) is 11.5. The third kappa shape index (κ3) is 4.03. The second-order valence-electron chi connectivity index (χ2n) is 3.19. The number of rotatable bonds is 4. The predicted molar refractivity (Wildman–Crippen MR) is 49.1 cm³/mol. The highest BCUT2D eigenvalue weighted by molar-refractivity contribution is 5.88. The largest absolute Gasteiger partial charge is 0.478 e. The van der Waals surface area contributed by atoms with Gasteiger partial charge in [-0.25, -0.2) is 9.18 Å². The molecule has 0 radical (unpaired) electrons. The van der Waals surface area contributed by atoms with Crippen molar-refractivity contribution >= 4 is 5.97 Å². The summed E-state index contributed by atoms with van der Waals surface area (Å²) in [5, 5.41) is 8.58. The number of carboxylic acids is 1. The monoisotopic (exact) mass is 252 g/mol. The minimum absolute atomic E-state index is 0.228. The number of carboxylic acid groups (broad SMARTS) is 1. The zero-order chi connectivity index (χ0) is 13.1. The molecule has 0 unspecified atom stereocenters. The van der Waals surface area contributed by atoms with Crippen molar-refractivity contribution in [2.24, 2.45) is 0 Å². The fraction of sp³-hybridized carbons (Fsp3) is 0.300. The van der Waals surface area contributed by atoms with Crippen molar-refractivity contribution in [2.45, 2.75) is 12.8 Å². The zero-order valence-electron chi connectivity index (χ0n) is 8.42. The van der Waals surface area contributed by atoms with Crippen LogP contribution in [-0.2, 0) is 11.3 Å². The van der Waals surface area contributed by atoms with Crippen LogP contribution in [0, 0.1) is 5.82 Å². The van der Waals surface area contributed by atoms with E-state index in [1.807, 2.05) is 0 Å². The number of aromatic carboxylic acids is 1. The van der Waals surface area contributed by atoms with E-state index in [0.717, 1.165) is 12.1 Å². The molecule has 0 bridgehead atoms. The summed E-state index contributed by atoms with van der Waals surface area (Å²) < 4.78 is 52.9. The SMILES string of the molecule is O=C(O)c1cccc(COCC(F)(F)F)c1F. The van der Waals surface area contributed by atoms with Gasteiger partial charge in [0.2, 0.25) is 0 Å². The molecule has 94 valence electrons. The smallest absolute Gasteiger partial charge is 0.411 e. The Bertz CT molecular complexity index is 415. The lowest BCUT2D eigenvalue weighted by Gasteiger charge is -2.09. The fourth-order valence-electron chi connectivity index (χ4n) is 1.13. The number of carbonyl (C=O) groups is 1. The molecule has 0 fully saturated rings. The molecule has 1 aromatic carbocycles. The summed E-state index contributed by atoms with van der Waals surface area (Å²) in [6.07, 6.45) is -4.50. The number of alkyl halides is 3. The van der Waals surface area contributed by atoms with Crippen molar-refractivity contribution in [3.8, 4) is 0 Å². The van der Waals surface area contributed by atoms with E-state index in [1.165, 1.54) is 6.07 Å². The Morgan fingerprint density at radius 3 is 2.53 bits per heavy atom. The van der Waals surface area contributed by atoms with Gasteiger partial charge in [0.15, 0.2) is 0 Å². The fourth-order valence-corrected chi connectivity index (χ4v) is 1.13. The van der Waals surface area contributed by atoms with E-state index in [1.54, 1.807) is 0 Å². The van der Waals surface area contributed by atoms with Gasteiger partial charge < -0.3 is 9.84 Å². The molecule has 3 nitrogen and oxygen atoms in total. The average molecular weight is 252 g/mol. The molecule has 0 aliphatic heterocycles. The Labute approximate surface area is 93.6 Å². The quantitative estimate of drug-likeness (QED) is 0.838. The summed E-state index contributed by atoms with van der Waals surface area (Å²) in [7, 11) is 0. The van der Waals surface area contributed by atoms with Crippen molar-refractivity contribution in [2.75, 3.05) is 6.61 Å². The van der Waals surface area contributed by atoms with Crippen LogP contribution in [-0.4, -0.2) is 23.9 Å². The highest BCUT2D eigenvalue weighted by Gasteiger charge is 2.27. The molecule has 0 aromatic heterocycles. The van der Waals surface area contributed by atoms with E-state index in [0.29, 0.717) is 0 Å². The van der Waals surface area contributed by atoms with E-state index in [-0.39, 0.29) is 5.56 Å². The minimum Gasteiger partial charge on any atom is -0.478 e. The van der Waals surface area contributed by atoms with Crippen LogP contribution in [0.15, 0.2) is 18.2 Å². The van der Waals surface area contributed by atoms with Crippen LogP contribution in [0.1, 0.15) is 15.9 Å². The molecule has 0 spiro atoms. The molecule has 17 heavy (non-hydrogen) atoms. The molecule has 0 amide bonds. The number of hydrogen-bond acceptors (Lipinski definition) is 2. The van der Waals surface area contributed by atoms with Crippen molar-refractivity contribution in [1.82, 2.24) is 0 Å². The lowest BCUT2D eigenvalue weighted by atomic mass is 10.1. The van der Waals surface area contributed by atoms with Gasteiger partial charge in [-0.2, -0.15) is 13.2 Å². The van der Waals surface area contributed by atoms with Crippen LogP contribution in [0.25, 0.3) is 0 Å². The Kier molecular flexibility index (Phi) is 4.06. The average Bonchev–Trinajstić information content (AvgIpc) is 2.18. The van der Waals surface area contributed by atoms with Crippen LogP contribution in [0.2, 0.25) is 0 Å². The maximum Gasteiger partial charge on any atom is 0.411 e. The maximum absolute atomic E-state index is 13.4. The highest BCUT2D eigenvalue weighted by Crippen LogP contribution is 2.18. The molecule has 0 saturated carbocycles. The first-order chi connectivity index (χ1) is 7.81. The summed E-state index contributed by atoms with van der Waals surface area (Å²) >= 11 is 0. The van der Waals surface area contributed by atoms with Gasteiger partial charge in [-0.1, -0.05) is 12.1 Å².